The van der Waals surface area contributed by atoms with E-state index in [1.807, 2.05) is 19.1 Å². The molecule has 2 aromatic rings. The van der Waals surface area contributed by atoms with Crippen molar-refractivity contribution < 1.29 is 13.2 Å². The highest BCUT2D eigenvalue weighted by Gasteiger charge is 2.34. The van der Waals surface area contributed by atoms with Crippen molar-refractivity contribution >= 4 is 34.0 Å². The molecule has 2 bridgehead atoms. The van der Waals surface area contributed by atoms with E-state index in [0.29, 0.717) is 23.3 Å². The van der Waals surface area contributed by atoms with Crippen molar-refractivity contribution in [2.24, 2.45) is 0 Å². The van der Waals surface area contributed by atoms with Gasteiger partial charge in [-0.15, -0.1) is 12.4 Å². The molecule has 2 aliphatic rings. The van der Waals surface area contributed by atoms with Crippen LogP contribution >= 0.6 is 12.4 Å². The van der Waals surface area contributed by atoms with Crippen molar-refractivity contribution in [1.82, 2.24) is 10.6 Å². The number of sulfonamides is 1. The third-order valence-corrected chi connectivity index (χ3v) is 6.94. The van der Waals surface area contributed by atoms with Crippen molar-refractivity contribution in [3.63, 3.8) is 0 Å². The zero-order valence-corrected chi connectivity index (χ0v) is 17.9. The number of fused-ring (bicyclic) bond motifs is 2. The fraction of sp³-hybridized carbons (Fsp3) is 0.381. The maximum atomic E-state index is 12.5. The minimum Gasteiger partial charge on any atom is -0.349 e. The molecule has 29 heavy (non-hydrogen) atoms. The summed E-state index contributed by atoms with van der Waals surface area (Å²) in [7, 11) is -3.69. The molecule has 0 radical (unpaired) electrons. The molecule has 4 rings (SSSR count). The van der Waals surface area contributed by atoms with Crippen molar-refractivity contribution in [2.75, 3.05) is 4.72 Å². The predicted octanol–water partition coefficient (Wildman–Crippen LogP) is 3.23. The third-order valence-electron chi connectivity index (χ3n) is 5.54. The van der Waals surface area contributed by atoms with Crippen LogP contribution in [0.15, 0.2) is 53.4 Å². The first kappa shape index (κ1) is 21.6. The van der Waals surface area contributed by atoms with Gasteiger partial charge in [-0.3, -0.25) is 9.52 Å². The normalized spacial score (nSPS) is 23.1. The largest absolute Gasteiger partial charge is 0.349 e. The number of anilines is 1. The van der Waals surface area contributed by atoms with Crippen LogP contribution in [0.5, 0.6) is 0 Å². The van der Waals surface area contributed by atoms with Gasteiger partial charge < -0.3 is 10.6 Å². The maximum Gasteiger partial charge on any atom is 0.261 e. The summed E-state index contributed by atoms with van der Waals surface area (Å²) in [6, 6.07) is 14.4. The van der Waals surface area contributed by atoms with Gasteiger partial charge in [-0.25, -0.2) is 8.42 Å². The zero-order valence-electron chi connectivity index (χ0n) is 16.2. The molecule has 8 heteroatoms. The Balaban J connectivity index is 0.00000240. The van der Waals surface area contributed by atoms with E-state index in [-0.39, 0.29) is 29.3 Å². The number of halogens is 1. The summed E-state index contributed by atoms with van der Waals surface area (Å²) in [5.74, 6) is -0.151. The van der Waals surface area contributed by atoms with Crippen molar-refractivity contribution in [3.8, 4) is 0 Å². The molecule has 0 saturated carbocycles. The predicted molar refractivity (Wildman–Crippen MR) is 116 cm³/mol. The third kappa shape index (κ3) is 5.10. The topological polar surface area (TPSA) is 87.3 Å². The summed E-state index contributed by atoms with van der Waals surface area (Å²) in [5, 5.41) is 6.65. The van der Waals surface area contributed by atoms with Crippen molar-refractivity contribution in [2.45, 2.75) is 55.6 Å². The molecule has 0 aromatic heterocycles. The number of amides is 1. The van der Waals surface area contributed by atoms with Gasteiger partial charge in [0.2, 0.25) is 0 Å². The van der Waals surface area contributed by atoms with E-state index in [4.69, 9.17) is 0 Å². The molecule has 6 nitrogen and oxygen atoms in total. The fourth-order valence-corrected chi connectivity index (χ4v) is 5.12. The Morgan fingerprint density at radius 3 is 2.14 bits per heavy atom. The average Bonchev–Trinajstić information content (AvgIpc) is 3.02. The summed E-state index contributed by atoms with van der Waals surface area (Å²) < 4.78 is 27.6. The van der Waals surface area contributed by atoms with Crippen LogP contribution in [0.2, 0.25) is 0 Å². The van der Waals surface area contributed by atoms with E-state index in [2.05, 4.69) is 15.4 Å². The second-order valence-corrected chi connectivity index (χ2v) is 9.46. The number of nitrogens with one attached hydrogen (secondary N) is 3. The minimum absolute atomic E-state index is 0. The molecule has 2 unspecified atom stereocenters. The molecular weight excluding hydrogens is 410 g/mol. The maximum absolute atomic E-state index is 12.5. The molecule has 2 atom stereocenters. The Hall–Kier alpha value is -2.09. The van der Waals surface area contributed by atoms with Crippen LogP contribution in [0.1, 0.15) is 41.6 Å². The highest BCUT2D eigenvalue weighted by atomic mass is 35.5. The Morgan fingerprint density at radius 2 is 1.55 bits per heavy atom. The summed E-state index contributed by atoms with van der Waals surface area (Å²) in [5.41, 5.74) is 2.04. The summed E-state index contributed by atoms with van der Waals surface area (Å²) in [6.07, 6.45) is 4.26. The Bertz CT molecular complexity index is 950. The number of aryl methyl sites for hydroxylation is 1. The van der Waals surface area contributed by atoms with Crippen LogP contribution in [0.4, 0.5) is 5.69 Å². The molecule has 2 heterocycles. The van der Waals surface area contributed by atoms with Crippen LogP contribution in [0.25, 0.3) is 0 Å². The van der Waals surface area contributed by atoms with Gasteiger partial charge in [0, 0.05) is 29.4 Å². The van der Waals surface area contributed by atoms with Crippen LogP contribution < -0.4 is 15.4 Å². The van der Waals surface area contributed by atoms with Gasteiger partial charge in [-0.2, -0.15) is 0 Å². The number of piperidine rings is 1. The first-order valence-electron chi connectivity index (χ1n) is 9.65. The monoisotopic (exact) mass is 435 g/mol. The average molecular weight is 436 g/mol. The van der Waals surface area contributed by atoms with Gasteiger partial charge in [0.15, 0.2) is 0 Å². The first-order chi connectivity index (χ1) is 13.4. The Kier molecular flexibility index (Phi) is 6.51. The van der Waals surface area contributed by atoms with E-state index < -0.39 is 10.0 Å². The quantitative estimate of drug-likeness (QED) is 0.672. The SMILES string of the molecule is Cc1ccc(NS(=O)(=O)c2ccc(C(=O)NC3CC4CCC(C3)N4)cc2)cc1.Cl. The number of carbonyl (C=O) groups is 1. The zero-order chi connectivity index (χ0) is 19.7. The van der Waals surface area contributed by atoms with Gasteiger partial charge in [0.25, 0.3) is 15.9 Å². The van der Waals surface area contributed by atoms with Crippen molar-refractivity contribution in [1.29, 1.82) is 0 Å². The minimum atomic E-state index is -3.69. The number of hydrogen-bond acceptors (Lipinski definition) is 4. The molecule has 2 fully saturated rings. The standard InChI is InChI=1S/C21H25N3O3S.ClH/c1-14-2-6-16(7-3-14)24-28(26,27)20-10-4-15(5-11-20)21(25)23-19-12-17-8-9-18(13-19)22-17;/h2-7,10-11,17-19,22,24H,8-9,12-13H2,1H3,(H,23,25);1H. The second-order valence-electron chi connectivity index (χ2n) is 7.78. The lowest BCUT2D eigenvalue weighted by molar-refractivity contribution is 0.0924. The highest BCUT2D eigenvalue weighted by molar-refractivity contribution is 7.92. The van der Waals surface area contributed by atoms with Gasteiger partial charge in [0.05, 0.1) is 4.90 Å². The Labute approximate surface area is 177 Å². The van der Waals surface area contributed by atoms with E-state index in [1.54, 1.807) is 24.3 Å². The Morgan fingerprint density at radius 1 is 0.966 bits per heavy atom. The van der Waals surface area contributed by atoms with E-state index in [9.17, 15) is 13.2 Å². The number of rotatable bonds is 5. The molecule has 156 valence electrons. The molecule has 3 N–H and O–H groups in total. The van der Waals surface area contributed by atoms with Crippen LogP contribution in [0, 0.1) is 6.92 Å². The van der Waals surface area contributed by atoms with Crippen LogP contribution in [0.3, 0.4) is 0 Å². The van der Waals surface area contributed by atoms with E-state index in [1.165, 1.54) is 25.0 Å². The lowest BCUT2D eigenvalue weighted by atomic mass is 9.99. The first-order valence-corrected chi connectivity index (χ1v) is 11.1. The molecular formula is C21H26ClN3O3S. The lowest BCUT2D eigenvalue weighted by Crippen LogP contribution is -2.48. The number of hydrogen-bond donors (Lipinski definition) is 3. The van der Waals surface area contributed by atoms with Crippen LogP contribution in [-0.2, 0) is 10.0 Å². The fourth-order valence-electron chi connectivity index (χ4n) is 4.06. The molecule has 2 aromatic carbocycles. The summed E-state index contributed by atoms with van der Waals surface area (Å²) in [6.45, 7) is 1.94. The molecule has 2 aliphatic heterocycles. The molecule has 1 amide bonds. The lowest BCUT2D eigenvalue weighted by Gasteiger charge is -2.29. The number of carbonyl (C=O) groups excluding carboxylic acids is 1. The van der Waals surface area contributed by atoms with Gasteiger partial charge >= 0.3 is 0 Å². The molecule has 0 aliphatic carbocycles. The number of benzene rings is 2. The van der Waals surface area contributed by atoms with E-state index in [0.717, 1.165) is 18.4 Å². The smallest absolute Gasteiger partial charge is 0.261 e. The van der Waals surface area contributed by atoms with Gasteiger partial charge in [-0.1, -0.05) is 17.7 Å². The van der Waals surface area contributed by atoms with E-state index >= 15 is 0 Å². The van der Waals surface area contributed by atoms with Crippen molar-refractivity contribution in [3.05, 3.63) is 59.7 Å². The van der Waals surface area contributed by atoms with Gasteiger partial charge in [0.1, 0.15) is 0 Å². The molecule has 2 saturated heterocycles. The van der Waals surface area contributed by atoms with Gasteiger partial charge in [-0.05, 0) is 69.0 Å². The summed E-state index contributed by atoms with van der Waals surface area (Å²) >= 11 is 0. The molecule has 0 spiro atoms. The second kappa shape index (κ2) is 8.73. The summed E-state index contributed by atoms with van der Waals surface area (Å²) in [4.78, 5) is 12.7. The highest BCUT2D eigenvalue weighted by Crippen LogP contribution is 2.27. The van der Waals surface area contributed by atoms with Crippen LogP contribution in [-0.4, -0.2) is 32.5 Å².